The minimum Gasteiger partial charge on any atom is -0.481 e. The maximum Gasteiger partial charge on any atom is 0.303 e. The number of aryl methyl sites for hydroxylation is 2. The minimum absolute atomic E-state index is 0.0110. The monoisotopic (exact) mass is 416 g/mol. The molecule has 3 N–H and O–H groups in total. The lowest BCUT2D eigenvalue weighted by Gasteiger charge is -2.23. The predicted octanol–water partition coefficient (Wildman–Crippen LogP) is 0.197. The highest BCUT2D eigenvalue weighted by Gasteiger charge is 2.21. The number of imidazole rings is 1. The first-order chi connectivity index (χ1) is 14.4. The van der Waals surface area contributed by atoms with E-state index in [4.69, 9.17) is 5.11 Å². The molecule has 10 nitrogen and oxygen atoms in total. The van der Waals surface area contributed by atoms with Gasteiger partial charge in [-0.25, -0.2) is 4.98 Å². The zero-order valence-corrected chi connectivity index (χ0v) is 17.3. The van der Waals surface area contributed by atoms with Crippen molar-refractivity contribution in [3.05, 3.63) is 24.0 Å². The van der Waals surface area contributed by atoms with Gasteiger partial charge in [-0.2, -0.15) is 0 Å². The van der Waals surface area contributed by atoms with Crippen LogP contribution < -0.4 is 10.2 Å². The lowest BCUT2D eigenvalue weighted by atomic mass is 10.2. The van der Waals surface area contributed by atoms with Gasteiger partial charge < -0.3 is 24.6 Å². The molecule has 1 aromatic heterocycles. The number of carboxylic acid groups (broad SMARTS) is 1. The Hall–Kier alpha value is -3.14. The van der Waals surface area contributed by atoms with Crippen LogP contribution >= 0.6 is 0 Å². The second kappa shape index (κ2) is 9.57. The van der Waals surface area contributed by atoms with Gasteiger partial charge in [0.1, 0.15) is 5.82 Å². The van der Waals surface area contributed by atoms with Crippen LogP contribution in [0.3, 0.4) is 0 Å². The summed E-state index contributed by atoms with van der Waals surface area (Å²) in [6, 6.07) is 5.92. The summed E-state index contributed by atoms with van der Waals surface area (Å²) in [6.07, 6.45) is 1.27. The minimum atomic E-state index is -0.803. The summed E-state index contributed by atoms with van der Waals surface area (Å²) in [4.78, 5) is 35.1. The summed E-state index contributed by atoms with van der Waals surface area (Å²) in [6.45, 7) is 1.84. The van der Waals surface area contributed by atoms with Crippen molar-refractivity contribution in [1.29, 1.82) is 0 Å². The summed E-state index contributed by atoms with van der Waals surface area (Å²) in [7, 11) is 3.74. The summed E-state index contributed by atoms with van der Waals surface area (Å²) < 4.78 is 1.99. The molecule has 30 heavy (non-hydrogen) atoms. The average Bonchev–Trinajstić information content (AvgIpc) is 3.19. The SMILES string of the molecule is CN1CC(=O)NC1=NCCN(CCO)c1ccc2nc(CCCC(=O)O)n(C)c2c1. The zero-order chi connectivity index (χ0) is 21.7. The van der Waals surface area contributed by atoms with Gasteiger partial charge >= 0.3 is 5.97 Å². The van der Waals surface area contributed by atoms with Gasteiger partial charge in [-0.3, -0.25) is 19.9 Å². The number of guanidine groups is 1. The number of carboxylic acids is 1. The van der Waals surface area contributed by atoms with Gasteiger partial charge in [0.25, 0.3) is 0 Å². The van der Waals surface area contributed by atoms with Crippen LogP contribution in [-0.4, -0.2) is 82.3 Å². The van der Waals surface area contributed by atoms with Crippen molar-refractivity contribution >= 4 is 34.6 Å². The number of fused-ring (bicyclic) bond motifs is 1. The molecule has 3 rings (SSSR count). The van der Waals surface area contributed by atoms with Crippen molar-refractivity contribution in [3.8, 4) is 0 Å². The van der Waals surface area contributed by atoms with Gasteiger partial charge in [0.15, 0.2) is 0 Å². The first-order valence-corrected chi connectivity index (χ1v) is 9.97. The van der Waals surface area contributed by atoms with Crippen molar-refractivity contribution in [1.82, 2.24) is 19.8 Å². The lowest BCUT2D eigenvalue weighted by Crippen LogP contribution is -2.32. The van der Waals surface area contributed by atoms with Crippen LogP contribution in [0.15, 0.2) is 23.2 Å². The number of aliphatic hydroxyl groups is 1. The Bertz CT molecular complexity index is 954. The Kier molecular flexibility index (Phi) is 6.88. The van der Waals surface area contributed by atoms with Crippen LogP contribution in [0.5, 0.6) is 0 Å². The number of hydrogen-bond acceptors (Lipinski definition) is 6. The first-order valence-electron chi connectivity index (χ1n) is 9.97. The number of aliphatic hydroxyl groups excluding tert-OH is 1. The topological polar surface area (TPSA) is 123 Å². The standard InChI is InChI=1S/C20H28N6O4/c1-24-13-18(28)23-20(24)21-8-9-26(10-11-27)14-6-7-15-16(12-14)25(2)17(22-15)4-3-5-19(29)30/h6-7,12,27H,3-5,8-11,13H2,1-2H3,(H,29,30)(H,21,23,28). The van der Waals surface area contributed by atoms with E-state index in [1.165, 1.54) is 0 Å². The van der Waals surface area contributed by atoms with Crippen LogP contribution in [0.4, 0.5) is 5.69 Å². The fourth-order valence-electron chi connectivity index (χ4n) is 3.52. The number of nitrogens with zero attached hydrogens (tertiary/aromatic N) is 5. The van der Waals surface area contributed by atoms with E-state index in [0.29, 0.717) is 45.0 Å². The Morgan fingerprint density at radius 2 is 2.13 bits per heavy atom. The van der Waals surface area contributed by atoms with Crippen molar-refractivity contribution in [2.75, 3.05) is 44.7 Å². The van der Waals surface area contributed by atoms with Gasteiger partial charge in [-0.15, -0.1) is 0 Å². The van der Waals surface area contributed by atoms with Crippen molar-refractivity contribution < 1.29 is 19.8 Å². The van der Waals surface area contributed by atoms with E-state index < -0.39 is 5.97 Å². The van der Waals surface area contributed by atoms with Gasteiger partial charge in [-0.05, 0) is 24.6 Å². The van der Waals surface area contributed by atoms with E-state index in [-0.39, 0.29) is 18.9 Å². The van der Waals surface area contributed by atoms with Gasteiger partial charge in [0.05, 0.1) is 30.7 Å². The maximum atomic E-state index is 11.4. The molecule has 1 saturated heterocycles. The summed E-state index contributed by atoms with van der Waals surface area (Å²) >= 11 is 0. The van der Waals surface area contributed by atoms with E-state index in [1.54, 1.807) is 4.90 Å². The van der Waals surface area contributed by atoms with Crippen LogP contribution in [0.25, 0.3) is 11.0 Å². The molecule has 0 aliphatic carbocycles. The first kappa shape index (κ1) is 21.6. The smallest absolute Gasteiger partial charge is 0.303 e. The average molecular weight is 416 g/mol. The molecule has 2 heterocycles. The third-order valence-corrected chi connectivity index (χ3v) is 5.11. The molecule has 162 valence electrons. The van der Waals surface area contributed by atoms with Crippen molar-refractivity contribution in [2.24, 2.45) is 12.0 Å². The van der Waals surface area contributed by atoms with Gasteiger partial charge in [0, 0.05) is 45.7 Å². The Balaban J connectivity index is 1.73. The largest absolute Gasteiger partial charge is 0.481 e. The summed E-state index contributed by atoms with van der Waals surface area (Å²) in [5.74, 6) is 0.549. The molecule has 0 bridgehead atoms. The number of likely N-dealkylation sites (N-methyl/N-ethyl adjacent to an activating group) is 1. The third-order valence-electron chi connectivity index (χ3n) is 5.11. The quantitative estimate of drug-likeness (QED) is 0.505. The molecule has 0 radical (unpaired) electrons. The molecule has 1 fully saturated rings. The molecular formula is C20H28N6O4. The summed E-state index contributed by atoms with van der Waals surface area (Å²) in [5, 5.41) is 21.1. The maximum absolute atomic E-state index is 11.4. The number of nitrogens with one attached hydrogen (secondary N) is 1. The number of hydrogen-bond donors (Lipinski definition) is 3. The molecule has 2 aromatic rings. The highest BCUT2D eigenvalue weighted by molar-refractivity contribution is 6.04. The number of amides is 1. The normalized spacial score (nSPS) is 15.2. The van der Waals surface area contributed by atoms with Gasteiger partial charge in [-0.1, -0.05) is 0 Å². The molecule has 1 aromatic carbocycles. The van der Waals surface area contributed by atoms with Gasteiger partial charge in [0.2, 0.25) is 11.9 Å². The number of benzene rings is 1. The number of rotatable bonds is 10. The van der Waals surface area contributed by atoms with Crippen LogP contribution in [0, 0.1) is 0 Å². The highest BCUT2D eigenvalue weighted by atomic mass is 16.4. The number of aromatic nitrogens is 2. The zero-order valence-electron chi connectivity index (χ0n) is 17.3. The van der Waals surface area contributed by atoms with E-state index in [0.717, 1.165) is 22.5 Å². The fourth-order valence-corrected chi connectivity index (χ4v) is 3.52. The lowest BCUT2D eigenvalue weighted by molar-refractivity contribution is -0.137. The van der Waals surface area contributed by atoms with Crippen LogP contribution in [0.1, 0.15) is 18.7 Å². The Morgan fingerprint density at radius 3 is 2.80 bits per heavy atom. The Labute approximate surface area is 174 Å². The van der Waals surface area contributed by atoms with Crippen LogP contribution in [-0.2, 0) is 23.1 Å². The molecule has 1 amide bonds. The molecule has 1 aliphatic rings. The Morgan fingerprint density at radius 1 is 1.33 bits per heavy atom. The second-order valence-electron chi connectivity index (χ2n) is 7.33. The fraction of sp³-hybridized carbons (Fsp3) is 0.500. The molecule has 0 atom stereocenters. The van der Waals surface area contributed by atoms with Crippen molar-refractivity contribution in [2.45, 2.75) is 19.3 Å². The molecular weight excluding hydrogens is 388 g/mol. The number of aliphatic carboxylic acids is 1. The molecule has 0 spiro atoms. The number of aliphatic imine (C=N–C) groups is 1. The summed E-state index contributed by atoms with van der Waals surface area (Å²) in [5.41, 5.74) is 2.75. The van der Waals surface area contributed by atoms with E-state index in [2.05, 4.69) is 15.3 Å². The predicted molar refractivity (Wildman–Crippen MR) is 114 cm³/mol. The highest BCUT2D eigenvalue weighted by Crippen LogP contribution is 2.23. The number of carbonyl (C=O) groups is 2. The molecule has 0 unspecified atom stereocenters. The second-order valence-corrected chi connectivity index (χ2v) is 7.33. The molecule has 0 saturated carbocycles. The van der Waals surface area contributed by atoms with E-state index in [9.17, 15) is 14.7 Å². The van der Waals surface area contributed by atoms with E-state index in [1.807, 2.05) is 41.8 Å². The number of anilines is 1. The molecule has 1 aliphatic heterocycles. The van der Waals surface area contributed by atoms with Crippen molar-refractivity contribution in [3.63, 3.8) is 0 Å². The third kappa shape index (κ3) is 5.07. The van der Waals surface area contributed by atoms with Crippen LogP contribution in [0.2, 0.25) is 0 Å². The number of carbonyl (C=O) groups excluding carboxylic acids is 1. The van der Waals surface area contributed by atoms with E-state index >= 15 is 0 Å². The molecule has 10 heteroatoms.